The molecule has 0 aromatic rings. The summed E-state index contributed by atoms with van der Waals surface area (Å²) < 4.78 is 23.1. The molecule has 0 amide bonds. The fourth-order valence-electron chi connectivity index (χ4n) is 1.67. The Morgan fingerprint density at radius 2 is 1.28 bits per heavy atom. The summed E-state index contributed by atoms with van der Waals surface area (Å²) in [6.45, 7) is 14.7. The molecule has 4 nitrogen and oxygen atoms in total. The van der Waals surface area contributed by atoms with Gasteiger partial charge in [0, 0.05) is 32.5 Å². The molecule has 0 aliphatic carbocycles. The molecule has 0 N–H and O–H groups in total. The molecule has 18 heavy (non-hydrogen) atoms. The summed E-state index contributed by atoms with van der Waals surface area (Å²) in [5, 5.41) is 0. The van der Waals surface area contributed by atoms with Crippen molar-refractivity contribution in [2.24, 2.45) is 0 Å². The third kappa shape index (κ3) is 8.21. The molecule has 0 unspecified atom stereocenters. The lowest BCUT2D eigenvalue weighted by Crippen LogP contribution is -2.46. The van der Waals surface area contributed by atoms with Gasteiger partial charge in [0.25, 0.3) is 0 Å². The Labute approximate surface area is 113 Å². The normalized spacial score (nSPS) is 13.0. The highest BCUT2D eigenvalue weighted by Crippen LogP contribution is 2.19. The summed E-state index contributed by atoms with van der Waals surface area (Å²) in [7, 11) is -2.47. The molecule has 0 aliphatic heterocycles. The van der Waals surface area contributed by atoms with Gasteiger partial charge >= 0.3 is 8.80 Å². The summed E-state index contributed by atoms with van der Waals surface area (Å²) in [6, 6.07) is 0.818. The molecule has 5 heteroatoms. The van der Waals surface area contributed by atoms with Crippen molar-refractivity contribution in [3.8, 4) is 0 Å². The molecule has 0 bridgehead atoms. The van der Waals surface area contributed by atoms with Gasteiger partial charge in [-0.05, 0) is 48.0 Å². The maximum atomic E-state index is 5.78. The molecule has 110 valence electrons. The van der Waals surface area contributed by atoms with Crippen molar-refractivity contribution < 1.29 is 18.0 Å². The van der Waals surface area contributed by atoms with Crippen LogP contribution in [0.4, 0.5) is 0 Å². The standard InChI is InChI=1S/C13H30O4Si/c1-7-15-18(16-8-2,17-9-3)12-10-11-14-13(4,5)6/h7-12H2,1-6H3. The van der Waals surface area contributed by atoms with E-state index in [1.54, 1.807) is 0 Å². The third-order valence-electron chi connectivity index (χ3n) is 2.26. The second kappa shape index (κ2) is 9.04. The summed E-state index contributed by atoms with van der Waals surface area (Å²) in [5.74, 6) is 0. The van der Waals surface area contributed by atoms with Crippen LogP contribution >= 0.6 is 0 Å². The summed E-state index contributed by atoms with van der Waals surface area (Å²) >= 11 is 0. The predicted octanol–water partition coefficient (Wildman–Crippen LogP) is 3.24. The molecule has 0 spiro atoms. The van der Waals surface area contributed by atoms with Crippen LogP contribution in [0.3, 0.4) is 0 Å². The fourth-order valence-corrected chi connectivity index (χ4v) is 4.25. The summed E-state index contributed by atoms with van der Waals surface area (Å²) in [6.07, 6.45) is 0.906. The molecule has 0 aromatic carbocycles. The van der Waals surface area contributed by atoms with Gasteiger partial charge in [0.2, 0.25) is 0 Å². The first-order valence-corrected chi connectivity index (χ1v) is 8.88. The van der Waals surface area contributed by atoms with Crippen molar-refractivity contribution in [2.75, 3.05) is 26.4 Å². The lowest BCUT2D eigenvalue weighted by atomic mass is 10.2. The van der Waals surface area contributed by atoms with Gasteiger partial charge in [-0.1, -0.05) is 0 Å². The minimum Gasteiger partial charge on any atom is -0.376 e. The average Bonchev–Trinajstić information content (AvgIpc) is 2.24. The van der Waals surface area contributed by atoms with Gasteiger partial charge in [-0.3, -0.25) is 0 Å². The maximum absolute atomic E-state index is 5.78. The van der Waals surface area contributed by atoms with Crippen LogP contribution < -0.4 is 0 Å². The maximum Gasteiger partial charge on any atom is 0.501 e. The highest BCUT2D eigenvalue weighted by Gasteiger charge is 2.39. The molecule has 0 heterocycles. The summed E-state index contributed by atoms with van der Waals surface area (Å²) in [5.41, 5.74) is -0.0902. The van der Waals surface area contributed by atoms with Gasteiger partial charge in [0.15, 0.2) is 0 Å². The molecular formula is C13H30O4Si. The van der Waals surface area contributed by atoms with E-state index >= 15 is 0 Å². The van der Waals surface area contributed by atoms with Crippen molar-refractivity contribution in [3.63, 3.8) is 0 Å². The van der Waals surface area contributed by atoms with Crippen LogP contribution in [0.15, 0.2) is 0 Å². The van der Waals surface area contributed by atoms with Crippen LogP contribution in [-0.2, 0) is 18.0 Å². The SMILES string of the molecule is CCO[Si](CCCOC(C)(C)C)(OCC)OCC. The Bertz CT molecular complexity index is 187. The Hall–Kier alpha value is 0.0569. The summed E-state index contributed by atoms with van der Waals surface area (Å²) in [4.78, 5) is 0. The van der Waals surface area contributed by atoms with E-state index in [0.717, 1.165) is 12.5 Å². The van der Waals surface area contributed by atoms with Crippen molar-refractivity contribution >= 4 is 8.80 Å². The Morgan fingerprint density at radius 1 is 0.833 bits per heavy atom. The fraction of sp³-hybridized carbons (Fsp3) is 1.00. The van der Waals surface area contributed by atoms with Gasteiger partial charge in [-0.25, -0.2) is 0 Å². The number of hydrogen-bond acceptors (Lipinski definition) is 4. The van der Waals surface area contributed by atoms with Gasteiger partial charge in [-0.15, -0.1) is 0 Å². The molecule has 0 saturated heterocycles. The molecular weight excluding hydrogens is 248 g/mol. The van der Waals surface area contributed by atoms with E-state index in [1.165, 1.54) is 0 Å². The first-order chi connectivity index (χ1) is 8.39. The Kier molecular flexibility index (Phi) is 9.07. The second-order valence-corrected chi connectivity index (χ2v) is 7.78. The zero-order chi connectivity index (χ0) is 14.1. The van der Waals surface area contributed by atoms with E-state index < -0.39 is 8.80 Å². The Balaban J connectivity index is 4.21. The number of ether oxygens (including phenoxy) is 1. The minimum absolute atomic E-state index is 0.0902. The zero-order valence-corrected chi connectivity index (χ0v) is 13.9. The quantitative estimate of drug-likeness (QED) is 0.454. The highest BCUT2D eigenvalue weighted by molar-refractivity contribution is 6.60. The topological polar surface area (TPSA) is 36.9 Å². The Morgan fingerprint density at radius 3 is 1.61 bits per heavy atom. The third-order valence-corrected chi connectivity index (χ3v) is 5.41. The molecule has 0 saturated carbocycles. The highest BCUT2D eigenvalue weighted by atomic mass is 28.4. The van der Waals surface area contributed by atoms with Crippen molar-refractivity contribution in [2.45, 2.75) is 59.6 Å². The first kappa shape index (κ1) is 18.1. The second-order valence-electron chi connectivity index (χ2n) is 5.05. The monoisotopic (exact) mass is 278 g/mol. The number of hydrogen-bond donors (Lipinski definition) is 0. The van der Waals surface area contributed by atoms with Crippen LogP contribution in [-0.4, -0.2) is 40.8 Å². The largest absolute Gasteiger partial charge is 0.501 e. The molecule has 0 radical (unpaired) electrons. The van der Waals surface area contributed by atoms with Crippen molar-refractivity contribution in [1.29, 1.82) is 0 Å². The van der Waals surface area contributed by atoms with E-state index in [1.807, 2.05) is 20.8 Å². The van der Waals surface area contributed by atoms with E-state index in [0.29, 0.717) is 26.4 Å². The zero-order valence-electron chi connectivity index (χ0n) is 12.9. The van der Waals surface area contributed by atoms with Crippen LogP contribution in [0.1, 0.15) is 48.0 Å². The lowest BCUT2D eigenvalue weighted by Gasteiger charge is -2.29. The lowest BCUT2D eigenvalue weighted by molar-refractivity contribution is -0.00562. The van der Waals surface area contributed by atoms with Crippen LogP contribution in [0, 0.1) is 0 Å². The predicted molar refractivity (Wildman–Crippen MR) is 75.8 cm³/mol. The van der Waals surface area contributed by atoms with Gasteiger partial charge in [-0.2, -0.15) is 0 Å². The van der Waals surface area contributed by atoms with Gasteiger partial charge in [0.05, 0.1) is 5.60 Å². The van der Waals surface area contributed by atoms with Crippen LogP contribution in [0.25, 0.3) is 0 Å². The van der Waals surface area contributed by atoms with E-state index in [4.69, 9.17) is 18.0 Å². The molecule has 0 atom stereocenters. The van der Waals surface area contributed by atoms with Gasteiger partial charge < -0.3 is 18.0 Å². The van der Waals surface area contributed by atoms with E-state index in [9.17, 15) is 0 Å². The van der Waals surface area contributed by atoms with Gasteiger partial charge in [0.1, 0.15) is 0 Å². The van der Waals surface area contributed by atoms with Crippen molar-refractivity contribution in [3.05, 3.63) is 0 Å². The minimum atomic E-state index is -2.47. The first-order valence-electron chi connectivity index (χ1n) is 6.95. The smallest absolute Gasteiger partial charge is 0.376 e. The van der Waals surface area contributed by atoms with Crippen LogP contribution in [0.5, 0.6) is 0 Å². The van der Waals surface area contributed by atoms with Crippen LogP contribution in [0.2, 0.25) is 6.04 Å². The molecule has 0 rings (SSSR count). The molecule has 0 fully saturated rings. The van der Waals surface area contributed by atoms with Crippen molar-refractivity contribution in [1.82, 2.24) is 0 Å². The number of rotatable bonds is 10. The molecule has 0 aromatic heterocycles. The average molecular weight is 278 g/mol. The van der Waals surface area contributed by atoms with E-state index in [-0.39, 0.29) is 5.60 Å². The molecule has 0 aliphatic rings. The van der Waals surface area contributed by atoms with E-state index in [2.05, 4.69) is 20.8 Å².